The molecule has 1 saturated carbocycles. The number of benzene rings is 3. The van der Waals surface area contributed by atoms with Crippen LogP contribution in [0, 0.1) is 5.92 Å². The van der Waals surface area contributed by atoms with Crippen LogP contribution in [0.1, 0.15) is 70.1 Å². The molecule has 0 radical (unpaired) electrons. The summed E-state index contributed by atoms with van der Waals surface area (Å²) in [7, 11) is 0. The Balaban J connectivity index is 0.000000162. The Hall–Kier alpha value is -2.34. The Morgan fingerprint density at radius 1 is 0.655 bits per heavy atom. The molecule has 0 heteroatoms. The molecule has 0 heterocycles. The topological polar surface area (TPSA) is 0 Å². The molecule has 0 N–H and O–H groups in total. The van der Waals surface area contributed by atoms with Crippen LogP contribution in [0.25, 0.3) is 11.1 Å². The highest BCUT2D eigenvalue weighted by molar-refractivity contribution is 5.76. The minimum Gasteiger partial charge on any atom is -0.0683 e. The Morgan fingerprint density at radius 3 is 1.48 bits per heavy atom. The van der Waals surface area contributed by atoms with E-state index < -0.39 is 0 Å². The van der Waals surface area contributed by atoms with Crippen LogP contribution in [0.3, 0.4) is 0 Å². The molecule has 29 heavy (non-hydrogen) atoms. The van der Waals surface area contributed by atoms with Gasteiger partial charge in [0.1, 0.15) is 0 Å². The summed E-state index contributed by atoms with van der Waals surface area (Å²) in [4.78, 5) is 0. The normalized spacial score (nSPS) is 13.5. The molecule has 0 unspecified atom stereocenters. The molecule has 3 aromatic carbocycles. The van der Waals surface area contributed by atoms with Gasteiger partial charge in [-0.15, -0.1) is 0 Å². The standard InChI is InChI=1S/C13H10.C8H10.C6H12.C2H6/c1-3-7-12-10(5-1)9-11-6-2-4-8-13(11)12;1-2-8-6-4-3-5-7-8;1-6-4-2-3-5-6;1-2/h1-8H,9H2;3-7H,2H2,1H3;6H,2-5H2,1H3;1-2H3. The van der Waals surface area contributed by atoms with Crippen molar-refractivity contribution in [3.05, 3.63) is 95.6 Å². The maximum atomic E-state index is 2.34. The van der Waals surface area contributed by atoms with Crippen LogP contribution in [-0.2, 0) is 12.8 Å². The van der Waals surface area contributed by atoms with Crippen molar-refractivity contribution >= 4 is 0 Å². The van der Waals surface area contributed by atoms with Crippen LogP contribution >= 0.6 is 0 Å². The summed E-state index contributed by atoms with van der Waals surface area (Å²) in [6.07, 6.45) is 8.19. The first kappa shape index (κ1) is 22.9. The van der Waals surface area contributed by atoms with Gasteiger partial charge in [0.2, 0.25) is 0 Å². The van der Waals surface area contributed by atoms with Crippen LogP contribution in [-0.4, -0.2) is 0 Å². The van der Waals surface area contributed by atoms with Gasteiger partial charge in [-0.3, -0.25) is 0 Å². The first-order chi connectivity index (χ1) is 14.3. The zero-order valence-electron chi connectivity index (χ0n) is 18.8. The first-order valence-electron chi connectivity index (χ1n) is 11.5. The lowest BCUT2D eigenvalue weighted by molar-refractivity contribution is 0.612. The van der Waals surface area contributed by atoms with Crippen molar-refractivity contribution in [3.63, 3.8) is 0 Å². The number of fused-ring (bicyclic) bond motifs is 3. The Morgan fingerprint density at radius 2 is 1.10 bits per heavy atom. The van der Waals surface area contributed by atoms with E-state index in [9.17, 15) is 0 Å². The lowest BCUT2D eigenvalue weighted by atomic mass is 10.1. The Bertz CT molecular complexity index is 767. The number of rotatable bonds is 1. The van der Waals surface area contributed by atoms with Crippen LogP contribution in [0.5, 0.6) is 0 Å². The molecule has 3 aromatic rings. The van der Waals surface area contributed by atoms with Gasteiger partial charge in [-0.1, -0.05) is 132 Å². The van der Waals surface area contributed by atoms with E-state index in [1.54, 1.807) is 0 Å². The molecule has 0 aromatic heterocycles. The van der Waals surface area contributed by atoms with Crippen molar-refractivity contribution in [1.29, 1.82) is 0 Å². The van der Waals surface area contributed by atoms with Gasteiger partial charge in [0, 0.05) is 0 Å². The highest BCUT2D eigenvalue weighted by atomic mass is 14.2. The van der Waals surface area contributed by atoms with Gasteiger partial charge in [-0.2, -0.15) is 0 Å². The molecule has 0 nitrogen and oxygen atoms in total. The Labute approximate surface area is 179 Å². The minimum absolute atomic E-state index is 1.05. The van der Waals surface area contributed by atoms with Crippen molar-refractivity contribution in [2.24, 2.45) is 5.92 Å². The third-order valence-electron chi connectivity index (χ3n) is 5.60. The number of aryl methyl sites for hydroxylation is 1. The molecule has 0 atom stereocenters. The fourth-order valence-electron chi connectivity index (χ4n) is 3.92. The number of hydrogen-bond donors (Lipinski definition) is 0. The quantitative estimate of drug-likeness (QED) is 0.307. The summed E-state index contributed by atoms with van der Waals surface area (Å²) in [5.41, 5.74) is 7.16. The monoisotopic (exact) mass is 386 g/mol. The highest BCUT2D eigenvalue weighted by Crippen LogP contribution is 2.35. The average molecular weight is 387 g/mol. The molecule has 0 aliphatic heterocycles. The molecular formula is C29H38. The van der Waals surface area contributed by atoms with Crippen LogP contribution < -0.4 is 0 Å². The van der Waals surface area contributed by atoms with E-state index in [2.05, 4.69) is 86.6 Å². The smallest absolute Gasteiger partial charge is 0.00135 e. The molecule has 1 fully saturated rings. The van der Waals surface area contributed by atoms with Gasteiger partial charge in [0.25, 0.3) is 0 Å². The maximum absolute atomic E-state index is 2.34. The third kappa shape index (κ3) is 7.20. The van der Waals surface area contributed by atoms with Gasteiger partial charge < -0.3 is 0 Å². The fraction of sp³-hybridized carbons (Fsp3) is 0.379. The van der Waals surface area contributed by atoms with E-state index in [-0.39, 0.29) is 0 Å². The van der Waals surface area contributed by atoms with Crippen LogP contribution in [0.4, 0.5) is 0 Å². The highest BCUT2D eigenvalue weighted by Gasteiger charge is 2.15. The van der Waals surface area contributed by atoms with Gasteiger partial charge in [0.05, 0.1) is 0 Å². The molecule has 0 bridgehead atoms. The van der Waals surface area contributed by atoms with E-state index in [4.69, 9.17) is 0 Å². The lowest BCUT2D eigenvalue weighted by Gasteiger charge is -1.98. The zero-order chi connectivity index (χ0) is 20.9. The van der Waals surface area contributed by atoms with Crippen molar-refractivity contribution in [3.8, 4) is 11.1 Å². The SMILES string of the molecule is CC.CC1CCCC1.CCc1ccccc1.c1ccc2c(c1)Cc1ccccc1-2. The van der Waals surface area contributed by atoms with Crippen molar-refractivity contribution < 1.29 is 0 Å². The summed E-state index contributed by atoms with van der Waals surface area (Å²) in [6.45, 7) is 8.50. The minimum atomic E-state index is 1.05. The van der Waals surface area contributed by atoms with Gasteiger partial charge in [0.15, 0.2) is 0 Å². The van der Waals surface area contributed by atoms with Gasteiger partial charge >= 0.3 is 0 Å². The zero-order valence-corrected chi connectivity index (χ0v) is 18.8. The van der Waals surface area contributed by atoms with Crippen LogP contribution in [0.15, 0.2) is 78.9 Å². The van der Waals surface area contributed by atoms with E-state index in [0.29, 0.717) is 0 Å². The second kappa shape index (κ2) is 13.0. The molecule has 154 valence electrons. The molecular weight excluding hydrogens is 348 g/mol. The Kier molecular flexibility index (Phi) is 10.3. The molecule has 2 aliphatic carbocycles. The average Bonchev–Trinajstić information content (AvgIpc) is 3.43. The van der Waals surface area contributed by atoms with Crippen molar-refractivity contribution in [2.75, 3.05) is 0 Å². The molecule has 0 amide bonds. The van der Waals surface area contributed by atoms with E-state index in [1.807, 2.05) is 19.9 Å². The second-order valence-electron chi connectivity index (χ2n) is 7.72. The molecule has 5 rings (SSSR count). The van der Waals surface area contributed by atoms with Gasteiger partial charge in [-0.25, -0.2) is 0 Å². The predicted molar refractivity (Wildman–Crippen MR) is 129 cm³/mol. The number of hydrogen-bond acceptors (Lipinski definition) is 0. The van der Waals surface area contributed by atoms with Crippen molar-refractivity contribution in [2.45, 2.75) is 66.2 Å². The molecule has 2 aliphatic rings. The van der Waals surface area contributed by atoms with E-state index in [1.165, 1.54) is 53.5 Å². The predicted octanol–water partition coefficient (Wildman–Crippen LogP) is 8.73. The second-order valence-corrected chi connectivity index (χ2v) is 7.72. The summed E-state index contributed by atoms with van der Waals surface area (Å²) in [5.74, 6) is 1.05. The van der Waals surface area contributed by atoms with Crippen molar-refractivity contribution in [1.82, 2.24) is 0 Å². The summed E-state index contributed by atoms with van der Waals surface area (Å²) >= 11 is 0. The van der Waals surface area contributed by atoms with Gasteiger partial charge in [-0.05, 0) is 46.6 Å². The molecule has 0 spiro atoms. The summed E-state index contributed by atoms with van der Waals surface area (Å²) < 4.78 is 0. The largest absolute Gasteiger partial charge is 0.0683 e. The third-order valence-corrected chi connectivity index (χ3v) is 5.60. The van der Waals surface area contributed by atoms with E-state index >= 15 is 0 Å². The summed E-state index contributed by atoms with van der Waals surface area (Å²) in [5, 5.41) is 0. The van der Waals surface area contributed by atoms with E-state index in [0.717, 1.165) is 18.8 Å². The summed E-state index contributed by atoms with van der Waals surface area (Å²) in [6, 6.07) is 27.8. The fourth-order valence-corrected chi connectivity index (χ4v) is 3.92. The lowest BCUT2D eigenvalue weighted by Crippen LogP contribution is -1.78. The molecule has 0 saturated heterocycles. The maximum Gasteiger partial charge on any atom is -0.00135 e. The van der Waals surface area contributed by atoms with Crippen LogP contribution in [0.2, 0.25) is 0 Å². The first-order valence-corrected chi connectivity index (χ1v) is 11.5.